The number of nitrogens with one attached hydrogen (secondary N) is 1. The maximum atomic E-state index is 5.70. The van der Waals surface area contributed by atoms with Crippen molar-refractivity contribution in [2.24, 2.45) is 5.92 Å². The lowest BCUT2D eigenvalue weighted by Gasteiger charge is -2.20. The van der Waals surface area contributed by atoms with E-state index in [1.807, 2.05) is 36.5 Å². The zero-order valence-electron chi connectivity index (χ0n) is 15.0. The maximum absolute atomic E-state index is 5.70. The fourth-order valence-corrected chi connectivity index (χ4v) is 5.23. The molecule has 1 aromatic carbocycles. The van der Waals surface area contributed by atoms with Crippen molar-refractivity contribution in [1.82, 2.24) is 9.97 Å². The summed E-state index contributed by atoms with van der Waals surface area (Å²) in [6, 6.07) is 5.95. The van der Waals surface area contributed by atoms with Crippen molar-refractivity contribution < 1.29 is 9.47 Å². The number of anilines is 2. The van der Waals surface area contributed by atoms with Crippen molar-refractivity contribution in [3.8, 4) is 11.5 Å². The van der Waals surface area contributed by atoms with Gasteiger partial charge in [-0.05, 0) is 49.8 Å². The normalized spacial score (nSPS) is 18.6. The third-order valence-electron chi connectivity index (χ3n) is 5.07. The molecule has 0 bridgehead atoms. The van der Waals surface area contributed by atoms with Gasteiger partial charge in [0.1, 0.15) is 29.7 Å². The summed E-state index contributed by atoms with van der Waals surface area (Å²) in [7, 11) is 0. The van der Waals surface area contributed by atoms with Crippen LogP contribution in [0, 0.1) is 12.8 Å². The third kappa shape index (κ3) is 2.69. The zero-order chi connectivity index (χ0) is 17.7. The van der Waals surface area contributed by atoms with E-state index in [4.69, 9.17) is 19.4 Å². The summed E-state index contributed by atoms with van der Waals surface area (Å²) in [5, 5.41) is 4.70. The van der Waals surface area contributed by atoms with Gasteiger partial charge in [-0.3, -0.25) is 0 Å². The lowest BCUT2D eigenvalue weighted by atomic mass is 9.89. The highest BCUT2D eigenvalue weighted by Crippen LogP contribution is 2.41. The Morgan fingerprint density at radius 2 is 2.00 bits per heavy atom. The van der Waals surface area contributed by atoms with Gasteiger partial charge in [0.25, 0.3) is 0 Å². The Kier molecular flexibility index (Phi) is 3.74. The predicted molar refractivity (Wildman–Crippen MR) is 104 cm³/mol. The van der Waals surface area contributed by atoms with Gasteiger partial charge in [-0.25, -0.2) is 9.97 Å². The molecule has 134 valence electrons. The Morgan fingerprint density at radius 3 is 2.88 bits per heavy atom. The monoisotopic (exact) mass is 367 g/mol. The molecule has 0 saturated carbocycles. The molecular formula is C20H21N3O2S. The highest BCUT2D eigenvalue weighted by atomic mass is 32.1. The van der Waals surface area contributed by atoms with Gasteiger partial charge >= 0.3 is 0 Å². The number of nitrogens with zero attached hydrogens (tertiary/aromatic N) is 2. The fraction of sp³-hybridized carbons (Fsp3) is 0.400. The summed E-state index contributed by atoms with van der Waals surface area (Å²) in [6.07, 6.45) is 3.49. The van der Waals surface area contributed by atoms with Gasteiger partial charge in [-0.1, -0.05) is 6.92 Å². The van der Waals surface area contributed by atoms with Crippen molar-refractivity contribution in [3.05, 3.63) is 34.5 Å². The molecule has 1 aliphatic carbocycles. The highest BCUT2D eigenvalue weighted by Gasteiger charge is 2.24. The van der Waals surface area contributed by atoms with Crippen LogP contribution in [-0.2, 0) is 12.8 Å². The van der Waals surface area contributed by atoms with Gasteiger partial charge < -0.3 is 14.8 Å². The molecule has 0 amide bonds. The third-order valence-corrected chi connectivity index (χ3v) is 6.22. The first-order valence-electron chi connectivity index (χ1n) is 9.13. The molecule has 0 fully saturated rings. The van der Waals surface area contributed by atoms with Crippen LogP contribution in [0.2, 0.25) is 0 Å². The Morgan fingerprint density at radius 1 is 1.15 bits per heavy atom. The molecule has 5 nitrogen and oxygen atoms in total. The molecule has 5 rings (SSSR count). The van der Waals surface area contributed by atoms with E-state index >= 15 is 0 Å². The molecule has 0 radical (unpaired) electrons. The fourth-order valence-electron chi connectivity index (χ4n) is 3.80. The van der Waals surface area contributed by atoms with Crippen LogP contribution < -0.4 is 14.8 Å². The minimum absolute atomic E-state index is 0.587. The summed E-state index contributed by atoms with van der Waals surface area (Å²) < 4.78 is 11.3. The summed E-state index contributed by atoms with van der Waals surface area (Å²) in [6.45, 7) is 5.48. The molecule has 0 spiro atoms. The van der Waals surface area contributed by atoms with Crippen molar-refractivity contribution in [3.63, 3.8) is 0 Å². The van der Waals surface area contributed by atoms with E-state index in [2.05, 4.69) is 12.2 Å². The smallest absolute Gasteiger partial charge is 0.163 e. The van der Waals surface area contributed by atoms with Crippen LogP contribution in [0.15, 0.2) is 18.2 Å². The summed E-state index contributed by atoms with van der Waals surface area (Å²) >= 11 is 1.83. The lowest BCUT2D eigenvalue weighted by molar-refractivity contribution is 0.171. The van der Waals surface area contributed by atoms with Crippen LogP contribution in [0.5, 0.6) is 11.5 Å². The number of benzene rings is 1. The molecular weight excluding hydrogens is 346 g/mol. The van der Waals surface area contributed by atoms with Gasteiger partial charge in [-0.15, -0.1) is 11.3 Å². The molecule has 1 aliphatic heterocycles. The second-order valence-electron chi connectivity index (χ2n) is 7.13. The Hall–Kier alpha value is -2.34. The molecule has 1 N–H and O–H groups in total. The highest BCUT2D eigenvalue weighted by molar-refractivity contribution is 7.19. The Bertz CT molecular complexity index is 998. The Balaban J connectivity index is 1.58. The van der Waals surface area contributed by atoms with E-state index in [-0.39, 0.29) is 0 Å². The van der Waals surface area contributed by atoms with Gasteiger partial charge in [0.15, 0.2) is 11.5 Å². The number of hydrogen-bond donors (Lipinski definition) is 1. The summed E-state index contributed by atoms with van der Waals surface area (Å²) in [5.74, 6) is 4.02. The molecule has 0 saturated heterocycles. The van der Waals surface area contributed by atoms with Crippen molar-refractivity contribution in [1.29, 1.82) is 0 Å². The SMILES string of the molecule is Cc1nc(Nc2ccc3c(c2)OCCO3)c2c3c(sc2n1)C[C@@H](C)CC3. The maximum Gasteiger partial charge on any atom is 0.163 e. The van der Waals surface area contributed by atoms with Gasteiger partial charge in [0, 0.05) is 16.6 Å². The van der Waals surface area contributed by atoms with Crippen LogP contribution in [0.25, 0.3) is 10.2 Å². The Labute approximate surface area is 156 Å². The van der Waals surface area contributed by atoms with Crippen LogP contribution >= 0.6 is 11.3 Å². The lowest BCUT2D eigenvalue weighted by Crippen LogP contribution is -2.15. The second kappa shape index (κ2) is 6.13. The van der Waals surface area contributed by atoms with E-state index in [0.717, 1.165) is 52.4 Å². The first-order chi connectivity index (χ1) is 12.7. The number of thiophene rings is 1. The number of aromatic nitrogens is 2. The number of fused-ring (bicyclic) bond motifs is 4. The molecule has 6 heteroatoms. The minimum Gasteiger partial charge on any atom is -0.486 e. The van der Waals surface area contributed by atoms with E-state index in [1.165, 1.54) is 22.2 Å². The molecule has 3 aromatic rings. The number of hydrogen-bond acceptors (Lipinski definition) is 6. The average Bonchev–Trinajstić information content (AvgIpc) is 2.98. The van der Waals surface area contributed by atoms with E-state index in [9.17, 15) is 0 Å². The molecule has 2 aliphatic rings. The second-order valence-corrected chi connectivity index (χ2v) is 8.22. The summed E-state index contributed by atoms with van der Waals surface area (Å²) in [4.78, 5) is 12.0. The minimum atomic E-state index is 0.587. The molecule has 2 aromatic heterocycles. The molecule has 26 heavy (non-hydrogen) atoms. The standard InChI is InChI=1S/C20H21N3O2S/c1-11-3-5-14-17(9-11)26-20-18(14)19(21-12(2)22-20)23-13-4-6-15-16(10-13)25-8-7-24-15/h4,6,10-11H,3,5,7-9H2,1-2H3,(H,21,22,23)/t11-/m0/s1. The van der Waals surface area contributed by atoms with Crippen LogP contribution in [0.3, 0.4) is 0 Å². The van der Waals surface area contributed by atoms with Crippen molar-refractivity contribution in [2.75, 3.05) is 18.5 Å². The topological polar surface area (TPSA) is 56.3 Å². The molecule has 1 atom stereocenters. The quantitative estimate of drug-likeness (QED) is 0.715. The first-order valence-corrected chi connectivity index (χ1v) is 9.94. The van der Waals surface area contributed by atoms with Crippen LogP contribution in [-0.4, -0.2) is 23.2 Å². The van der Waals surface area contributed by atoms with Gasteiger partial charge in [0.05, 0.1) is 5.39 Å². The zero-order valence-corrected chi connectivity index (χ0v) is 15.8. The summed E-state index contributed by atoms with van der Waals surface area (Å²) in [5.41, 5.74) is 2.39. The number of ether oxygens (including phenoxy) is 2. The predicted octanol–water partition coefficient (Wildman–Crippen LogP) is 4.64. The van der Waals surface area contributed by atoms with Gasteiger partial charge in [0.2, 0.25) is 0 Å². The van der Waals surface area contributed by atoms with Gasteiger partial charge in [-0.2, -0.15) is 0 Å². The number of aryl methyl sites for hydroxylation is 2. The van der Waals surface area contributed by atoms with Crippen molar-refractivity contribution >= 4 is 33.1 Å². The van der Waals surface area contributed by atoms with E-state index in [1.54, 1.807) is 0 Å². The van der Waals surface area contributed by atoms with E-state index < -0.39 is 0 Å². The average molecular weight is 367 g/mol. The molecule has 0 unspecified atom stereocenters. The van der Waals surface area contributed by atoms with Crippen molar-refractivity contribution in [2.45, 2.75) is 33.1 Å². The molecule has 3 heterocycles. The number of rotatable bonds is 2. The van der Waals surface area contributed by atoms with E-state index in [0.29, 0.717) is 13.2 Å². The first kappa shape index (κ1) is 15.9. The van der Waals surface area contributed by atoms with Crippen LogP contribution in [0.1, 0.15) is 29.6 Å². The van der Waals surface area contributed by atoms with Crippen LogP contribution in [0.4, 0.5) is 11.5 Å². The largest absolute Gasteiger partial charge is 0.486 e.